The molecule has 8 heteroatoms. The summed E-state index contributed by atoms with van der Waals surface area (Å²) in [4.78, 5) is 0.326. The van der Waals surface area contributed by atoms with Gasteiger partial charge in [-0.25, -0.2) is 16.8 Å². The molecule has 24 heavy (non-hydrogen) atoms. The van der Waals surface area contributed by atoms with Crippen molar-refractivity contribution in [1.29, 1.82) is 0 Å². The Bertz CT molecular complexity index is 782. The molecule has 0 bridgehead atoms. The summed E-state index contributed by atoms with van der Waals surface area (Å²) in [5.41, 5.74) is 0. The molecule has 1 aromatic rings. The van der Waals surface area contributed by atoms with Crippen LogP contribution < -0.4 is 0 Å². The molecule has 2 saturated heterocycles. The van der Waals surface area contributed by atoms with E-state index in [9.17, 15) is 16.8 Å². The number of hydrogen-bond donors (Lipinski definition) is 0. The zero-order valence-electron chi connectivity index (χ0n) is 13.9. The van der Waals surface area contributed by atoms with Crippen LogP contribution in [0.25, 0.3) is 0 Å². The van der Waals surface area contributed by atoms with Crippen molar-refractivity contribution in [2.24, 2.45) is 0 Å². The minimum atomic E-state index is -3.57. The highest BCUT2D eigenvalue weighted by Gasteiger charge is 2.32. The summed E-state index contributed by atoms with van der Waals surface area (Å²) in [5, 5.41) is 0. The van der Waals surface area contributed by atoms with Gasteiger partial charge < -0.3 is 0 Å². The fourth-order valence-corrected chi connectivity index (χ4v) is 6.64. The van der Waals surface area contributed by atoms with Crippen LogP contribution in [0, 0.1) is 0 Å². The maximum atomic E-state index is 12.8. The maximum Gasteiger partial charge on any atom is 0.243 e. The van der Waals surface area contributed by atoms with E-state index in [0.29, 0.717) is 19.6 Å². The molecule has 1 atom stereocenters. The van der Waals surface area contributed by atoms with Gasteiger partial charge in [-0.15, -0.1) is 0 Å². The highest BCUT2D eigenvalue weighted by molar-refractivity contribution is 7.89. The normalized spacial score (nSPS) is 24.3. The van der Waals surface area contributed by atoms with Crippen molar-refractivity contribution in [3.8, 4) is 0 Å². The minimum absolute atomic E-state index is 0.0169. The molecular weight excluding hydrogens is 348 g/mol. The van der Waals surface area contributed by atoms with Crippen LogP contribution in [0.4, 0.5) is 0 Å². The Kier molecular flexibility index (Phi) is 5.01. The van der Waals surface area contributed by atoms with E-state index in [1.165, 1.54) is 32.9 Å². The average molecular weight is 373 g/mol. The van der Waals surface area contributed by atoms with Gasteiger partial charge in [-0.1, -0.05) is 6.42 Å². The number of benzene rings is 1. The molecule has 0 radical (unpaired) electrons. The first-order chi connectivity index (χ1) is 11.3. The molecule has 2 aliphatic heterocycles. The van der Waals surface area contributed by atoms with Gasteiger partial charge in [-0.3, -0.25) is 0 Å². The lowest BCUT2D eigenvalue weighted by Crippen LogP contribution is -2.41. The summed E-state index contributed by atoms with van der Waals surface area (Å²) in [6, 6.07) is 5.64. The van der Waals surface area contributed by atoms with E-state index in [0.717, 1.165) is 32.1 Å². The smallest absolute Gasteiger partial charge is 0.207 e. The predicted molar refractivity (Wildman–Crippen MR) is 91.6 cm³/mol. The summed E-state index contributed by atoms with van der Waals surface area (Å²) >= 11 is 0. The Hall–Kier alpha value is -0.960. The van der Waals surface area contributed by atoms with Gasteiger partial charge >= 0.3 is 0 Å². The van der Waals surface area contributed by atoms with Crippen LogP contribution in [0.2, 0.25) is 0 Å². The van der Waals surface area contributed by atoms with Gasteiger partial charge in [-0.2, -0.15) is 8.61 Å². The fourth-order valence-electron chi connectivity index (χ4n) is 3.43. The van der Waals surface area contributed by atoms with Crippen LogP contribution >= 0.6 is 0 Å². The van der Waals surface area contributed by atoms with E-state index in [2.05, 4.69) is 0 Å². The van der Waals surface area contributed by atoms with Gasteiger partial charge in [0.15, 0.2) is 0 Å². The lowest BCUT2D eigenvalue weighted by atomic mass is 10.1. The Morgan fingerprint density at radius 3 is 1.83 bits per heavy atom. The topological polar surface area (TPSA) is 74.8 Å². The van der Waals surface area contributed by atoms with Crippen molar-refractivity contribution in [3.05, 3.63) is 24.3 Å². The van der Waals surface area contributed by atoms with Crippen molar-refractivity contribution in [2.45, 2.75) is 54.9 Å². The Morgan fingerprint density at radius 2 is 1.29 bits per heavy atom. The van der Waals surface area contributed by atoms with Crippen LogP contribution in [-0.4, -0.2) is 51.1 Å². The first-order valence-electron chi connectivity index (χ1n) is 8.45. The van der Waals surface area contributed by atoms with E-state index in [4.69, 9.17) is 0 Å². The van der Waals surface area contributed by atoms with E-state index in [1.807, 2.05) is 6.92 Å². The molecule has 2 heterocycles. The van der Waals surface area contributed by atoms with Crippen LogP contribution in [0.15, 0.2) is 34.1 Å². The lowest BCUT2D eigenvalue weighted by Gasteiger charge is -2.32. The molecule has 0 aromatic heterocycles. The number of nitrogens with zero attached hydrogens (tertiary/aromatic N) is 2. The van der Waals surface area contributed by atoms with E-state index < -0.39 is 20.0 Å². The van der Waals surface area contributed by atoms with Gasteiger partial charge in [0.25, 0.3) is 0 Å². The molecule has 0 saturated carbocycles. The molecule has 0 N–H and O–H groups in total. The molecular formula is C16H24N2O4S2. The highest BCUT2D eigenvalue weighted by atomic mass is 32.2. The number of piperidine rings is 1. The Labute approximate surface area is 144 Å². The van der Waals surface area contributed by atoms with E-state index >= 15 is 0 Å². The summed E-state index contributed by atoms with van der Waals surface area (Å²) in [6.45, 7) is 3.52. The molecule has 2 fully saturated rings. The van der Waals surface area contributed by atoms with Gasteiger partial charge in [-0.05, 0) is 56.9 Å². The monoisotopic (exact) mass is 372 g/mol. The van der Waals surface area contributed by atoms with E-state index in [-0.39, 0.29) is 15.8 Å². The largest absolute Gasteiger partial charge is 0.243 e. The molecule has 0 unspecified atom stereocenters. The van der Waals surface area contributed by atoms with E-state index in [1.54, 1.807) is 0 Å². The van der Waals surface area contributed by atoms with Crippen LogP contribution in [0.5, 0.6) is 0 Å². The fraction of sp³-hybridized carbons (Fsp3) is 0.625. The average Bonchev–Trinajstić information content (AvgIpc) is 3.10. The maximum absolute atomic E-state index is 12.8. The Morgan fingerprint density at radius 1 is 0.792 bits per heavy atom. The molecule has 0 spiro atoms. The van der Waals surface area contributed by atoms with Gasteiger partial charge in [0.2, 0.25) is 20.0 Å². The first kappa shape index (κ1) is 17.8. The Balaban J connectivity index is 1.86. The molecule has 134 valence electrons. The third-order valence-electron chi connectivity index (χ3n) is 4.88. The molecule has 3 rings (SSSR count). The molecule has 0 aliphatic carbocycles. The quantitative estimate of drug-likeness (QED) is 0.810. The summed E-state index contributed by atoms with van der Waals surface area (Å²) < 4.78 is 53.6. The minimum Gasteiger partial charge on any atom is -0.207 e. The highest BCUT2D eigenvalue weighted by Crippen LogP contribution is 2.27. The summed E-state index contributed by atoms with van der Waals surface area (Å²) in [6.07, 6.45) is 4.52. The lowest BCUT2D eigenvalue weighted by molar-refractivity contribution is 0.268. The molecule has 2 aliphatic rings. The SMILES string of the molecule is C[C@H]1CCCCN1S(=O)(=O)c1ccc(S(=O)(=O)N2CCCC2)cc1. The van der Waals surface area contributed by atoms with Crippen molar-refractivity contribution in [1.82, 2.24) is 8.61 Å². The predicted octanol–water partition coefficient (Wildman–Crippen LogP) is 2.03. The first-order valence-corrected chi connectivity index (χ1v) is 11.3. The number of sulfonamides is 2. The van der Waals surface area contributed by atoms with Crippen LogP contribution in [0.3, 0.4) is 0 Å². The second-order valence-corrected chi connectivity index (χ2v) is 10.4. The standard InChI is InChI=1S/C16H24N2O4S2/c1-14-6-2-3-13-18(14)24(21,22)16-9-7-15(8-10-16)23(19,20)17-11-4-5-12-17/h7-10,14H,2-6,11-13H2,1H3/t14-/m0/s1. The van der Waals surface area contributed by atoms with Crippen molar-refractivity contribution in [2.75, 3.05) is 19.6 Å². The van der Waals surface area contributed by atoms with Gasteiger partial charge in [0, 0.05) is 25.7 Å². The second kappa shape index (κ2) is 6.74. The van der Waals surface area contributed by atoms with Gasteiger partial charge in [0.05, 0.1) is 9.79 Å². The molecule has 1 aromatic carbocycles. The zero-order chi connectivity index (χ0) is 17.4. The van der Waals surface area contributed by atoms with Gasteiger partial charge in [0.1, 0.15) is 0 Å². The third-order valence-corrected chi connectivity index (χ3v) is 8.82. The van der Waals surface area contributed by atoms with Crippen molar-refractivity contribution >= 4 is 20.0 Å². The third kappa shape index (κ3) is 3.24. The van der Waals surface area contributed by atoms with Crippen LogP contribution in [-0.2, 0) is 20.0 Å². The molecule has 0 amide bonds. The number of rotatable bonds is 4. The summed E-state index contributed by atoms with van der Waals surface area (Å²) in [7, 11) is -7.08. The second-order valence-electron chi connectivity index (χ2n) is 6.54. The number of hydrogen-bond acceptors (Lipinski definition) is 4. The van der Waals surface area contributed by atoms with Crippen molar-refractivity contribution < 1.29 is 16.8 Å². The zero-order valence-corrected chi connectivity index (χ0v) is 15.5. The van der Waals surface area contributed by atoms with Crippen LogP contribution in [0.1, 0.15) is 39.0 Å². The summed E-state index contributed by atoms with van der Waals surface area (Å²) in [5.74, 6) is 0. The van der Waals surface area contributed by atoms with Crippen molar-refractivity contribution in [3.63, 3.8) is 0 Å². The molecule has 6 nitrogen and oxygen atoms in total.